The number of thiazole rings is 2. The van der Waals surface area contributed by atoms with Gasteiger partial charge >= 0.3 is 4.87 Å². The van der Waals surface area contributed by atoms with E-state index in [1.807, 2.05) is 30.3 Å². The van der Waals surface area contributed by atoms with Gasteiger partial charge in [-0.15, -0.1) is 21.5 Å². The minimum Gasteiger partial charge on any atom is -0.494 e. The van der Waals surface area contributed by atoms with E-state index >= 15 is 4.39 Å². The van der Waals surface area contributed by atoms with Crippen molar-refractivity contribution in [2.45, 2.75) is 17.4 Å². The van der Waals surface area contributed by atoms with Crippen LogP contribution in [0.25, 0.3) is 21.3 Å². The number of nitrogens with zero attached hydrogens (tertiary/aromatic N) is 3. The van der Waals surface area contributed by atoms with Crippen LogP contribution in [0, 0.1) is 5.82 Å². The van der Waals surface area contributed by atoms with Crippen LogP contribution in [-0.2, 0) is 22.0 Å². The summed E-state index contributed by atoms with van der Waals surface area (Å²) in [5.74, 6) is -1.49. The molecule has 3 aromatic carbocycles. The lowest BCUT2D eigenvalue weighted by Gasteiger charge is -2.12. The molecule has 0 aliphatic rings. The summed E-state index contributed by atoms with van der Waals surface area (Å²) in [6.45, 7) is 0. The van der Waals surface area contributed by atoms with E-state index < -0.39 is 25.8 Å². The summed E-state index contributed by atoms with van der Waals surface area (Å²) in [4.78, 5) is 18.0. The number of aromatic hydroxyl groups is 1. The normalized spacial score (nSPS) is 12.6. The maximum Gasteiger partial charge on any atom is 0.307 e. The van der Waals surface area contributed by atoms with Crippen LogP contribution in [0.2, 0.25) is 0 Å². The van der Waals surface area contributed by atoms with Crippen molar-refractivity contribution in [1.82, 2.24) is 20.2 Å². The van der Waals surface area contributed by atoms with Gasteiger partial charge in [-0.05, 0) is 28.8 Å². The van der Waals surface area contributed by atoms with E-state index in [0.717, 1.165) is 28.2 Å². The van der Waals surface area contributed by atoms with Gasteiger partial charge in [-0.2, -0.15) is 0 Å². The van der Waals surface area contributed by atoms with Crippen LogP contribution in [0.4, 0.5) is 4.39 Å². The lowest BCUT2D eigenvalue weighted by atomic mass is 10.1. The molecular formula is C27H19FN4O5S3. The average Bonchev–Trinajstić information content (AvgIpc) is 3.64. The second kappa shape index (κ2) is 10.4. The first-order valence-electron chi connectivity index (χ1n) is 11.9. The highest BCUT2D eigenvalue weighted by Crippen LogP contribution is 2.39. The summed E-state index contributed by atoms with van der Waals surface area (Å²) in [6, 6.07) is 21.0. The second-order valence-corrected chi connectivity index (χ2v) is 13.1. The van der Waals surface area contributed by atoms with Gasteiger partial charge in [0.05, 0.1) is 21.8 Å². The number of nitrogens with one attached hydrogen (secondary N) is 1. The van der Waals surface area contributed by atoms with Crippen molar-refractivity contribution in [3.8, 4) is 17.0 Å². The van der Waals surface area contributed by atoms with E-state index in [2.05, 4.69) is 20.2 Å². The molecule has 9 nitrogen and oxygen atoms in total. The van der Waals surface area contributed by atoms with Crippen molar-refractivity contribution in [2.24, 2.45) is 0 Å². The number of fused-ring (bicyclic) bond motifs is 1. The molecule has 3 heterocycles. The van der Waals surface area contributed by atoms with E-state index in [1.54, 1.807) is 36.4 Å². The molecule has 0 bridgehead atoms. The molecule has 0 spiro atoms. The number of rotatable bonds is 8. The molecule has 0 aliphatic carbocycles. The Morgan fingerprint density at radius 2 is 1.70 bits per heavy atom. The van der Waals surface area contributed by atoms with Crippen molar-refractivity contribution in [2.75, 3.05) is 0 Å². The molecule has 2 N–H and O–H groups in total. The topological polar surface area (TPSA) is 139 Å². The van der Waals surface area contributed by atoms with Gasteiger partial charge in [0.25, 0.3) is 0 Å². The third kappa shape index (κ3) is 5.18. The largest absolute Gasteiger partial charge is 0.494 e. The fraction of sp³-hybridized carbons (Fsp3) is 0.111. The Bertz CT molecular complexity index is 1980. The lowest BCUT2D eigenvalue weighted by molar-refractivity contribution is 0.438. The van der Waals surface area contributed by atoms with Crippen LogP contribution in [0.1, 0.15) is 32.5 Å². The predicted octanol–water partition coefficient (Wildman–Crippen LogP) is 5.24. The molecule has 202 valence electrons. The molecule has 1 atom stereocenters. The standard InChI is InChI=1S/C27H19FN4O5S3/c28-18-11-17(16-9-5-2-6-10-16)12-19-22(18)29-26(38-19)23(40(35,36)14-15-7-3-1-4-8-15)25-32-31-21(37-25)13-20-24(33)30-27(34)39-20/h1-12,23,33H,13-14H2,(H,30,34). The maximum atomic E-state index is 15.2. The summed E-state index contributed by atoms with van der Waals surface area (Å²) >= 11 is 1.81. The fourth-order valence-corrected chi connectivity index (χ4v) is 8.15. The van der Waals surface area contributed by atoms with Crippen molar-refractivity contribution in [3.05, 3.63) is 116 Å². The molecule has 40 heavy (non-hydrogen) atoms. The van der Waals surface area contributed by atoms with E-state index in [-0.39, 0.29) is 45.2 Å². The smallest absolute Gasteiger partial charge is 0.307 e. The molecule has 0 saturated carbocycles. The monoisotopic (exact) mass is 594 g/mol. The van der Waals surface area contributed by atoms with Crippen molar-refractivity contribution in [3.63, 3.8) is 0 Å². The maximum absolute atomic E-state index is 15.2. The Morgan fingerprint density at radius 1 is 0.975 bits per heavy atom. The Balaban J connectivity index is 1.44. The summed E-state index contributed by atoms with van der Waals surface area (Å²) in [7, 11) is -4.04. The number of hydrogen-bond donors (Lipinski definition) is 2. The Kier molecular flexibility index (Phi) is 6.78. The Labute approximate surface area is 234 Å². The number of aromatic amines is 1. The summed E-state index contributed by atoms with van der Waals surface area (Å²) < 4.78 is 49.1. The quantitative estimate of drug-likeness (QED) is 0.244. The highest BCUT2D eigenvalue weighted by molar-refractivity contribution is 7.91. The third-order valence-corrected chi connectivity index (χ3v) is 10.1. The van der Waals surface area contributed by atoms with Crippen molar-refractivity contribution >= 4 is 42.7 Å². The molecular weight excluding hydrogens is 576 g/mol. The number of benzene rings is 3. The average molecular weight is 595 g/mol. The summed E-state index contributed by atoms with van der Waals surface area (Å²) in [5.41, 5.74) is 2.03. The highest BCUT2D eigenvalue weighted by atomic mass is 32.2. The van der Waals surface area contributed by atoms with Crippen molar-refractivity contribution < 1.29 is 22.3 Å². The van der Waals surface area contributed by atoms with Crippen LogP contribution < -0.4 is 4.87 Å². The minimum atomic E-state index is -4.04. The predicted molar refractivity (Wildman–Crippen MR) is 150 cm³/mol. The minimum absolute atomic E-state index is 0.000818. The number of H-pyrrole nitrogens is 1. The van der Waals surface area contributed by atoms with Crippen LogP contribution in [-0.4, -0.2) is 33.7 Å². The van der Waals surface area contributed by atoms with E-state index in [1.165, 1.54) is 6.07 Å². The van der Waals surface area contributed by atoms with Gasteiger partial charge in [-0.1, -0.05) is 72.0 Å². The second-order valence-electron chi connectivity index (χ2n) is 8.89. The van der Waals surface area contributed by atoms with E-state index in [0.29, 0.717) is 15.8 Å². The van der Waals surface area contributed by atoms with Gasteiger partial charge in [0, 0.05) is 0 Å². The zero-order chi connectivity index (χ0) is 27.9. The first kappa shape index (κ1) is 26.0. The molecule has 6 aromatic rings. The number of halogens is 1. The number of aromatic nitrogens is 4. The van der Waals surface area contributed by atoms with Gasteiger partial charge in [-0.3, -0.25) is 9.78 Å². The zero-order valence-electron chi connectivity index (χ0n) is 20.4. The number of hydrogen-bond acceptors (Lipinski definition) is 10. The summed E-state index contributed by atoms with van der Waals surface area (Å²) in [6.07, 6.45) is -0.0808. The fourth-order valence-electron chi connectivity index (χ4n) is 4.27. The van der Waals surface area contributed by atoms with E-state index in [4.69, 9.17) is 4.42 Å². The van der Waals surface area contributed by atoms with Crippen LogP contribution in [0.5, 0.6) is 5.88 Å². The molecule has 0 radical (unpaired) electrons. The number of sulfone groups is 1. The SMILES string of the molecule is O=c1[nH]c(O)c(Cc2nnc(C(c3nc4c(F)cc(-c5ccccc5)cc4s3)S(=O)(=O)Cc3ccccc3)o2)s1. The zero-order valence-corrected chi connectivity index (χ0v) is 22.9. The van der Waals surface area contributed by atoms with Gasteiger partial charge in [-0.25, -0.2) is 17.8 Å². The van der Waals surface area contributed by atoms with Crippen LogP contribution in [0.3, 0.4) is 0 Å². The Hall–Kier alpha value is -4.20. The molecule has 6 rings (SSSR count). The molecule has 0 saturated heterocycles. The van der Waals surface area contributed by atoms with Gasteiger partial charge in [0.1, 0.15) is 10.5 Å². The molecule has 0 amide bonds. The van der Waals surface area contributed by atoms with Crippen LogP contribution in [0.15, 0.2) is 82.0 Å². The molecule has 0 aliphatic heterocycles. The molecule has 13 heteroatoms. The summed E-state index contributed by atoms with van der Waals surface area (Å²) in [5, 5.41) is 16.5. The van der Waals surface area contributed by atoms with Gasteiger partial charge in [0.2, 0.25) is 17.7 Å². The van der Waals surface area contributed by atoms with Crippen LogP contribution >= 0.6 is 22.7 Å². The van der Waals surface area contributed by atoms with E-state index in [9.17, 15) is 18.3 Å². The first-order chi connectivity index (χ1) is 19.3. The molecule has 0 fully saturated rings. The Morgan fingerprint density at radius 3 is 2.40 bits per heavy atom. The third-order valence-electron chi connectivity index (χ3n) is 6.09. The van der Waals surface area contributed by atoms with Gasteiger partial charge in [0.15, 0.2) is 20.9 Å². The molecule has 1 unspecified atom stereocenters. The lowest BCUT2D eigenvalue weighted by Crippen LogP contribution is -2.17. The highest BCUT2D eigenvalue weighted by Gasteiger charge is 2.37. The van der Waals surface area contributed by atoms with Crippen molar-refractivity contribution in [1.29, 1.82) is 0 Å². The molecule has 3 aromatic heterocycles. The van der Waals surface area contributed by atoms with Gasteiger partial charge < -0.3 is 9.52 Å². The first-order valence-corrected chi connectivity index (χ1v) is 15.3.